The van der Waals surface area contributed by atoms with Crippen molar-refractivity contribution in [1.82, 2.24) is 0 Å². The Balaban J connectivity index is 2.05. The third-order valence-corrected chi connectivity index (χ3v) is 3.48. The summed E-state index contributed by atoms with van der Waals surface area (Å²) in [5.41, 5.74) is 1.91. The van der Waals surface area contributed by atoms with Gasteiger partial charge in [0.05, 0.1) is 5.02 Å². The van der Waals surface area contributed by atoms with Gasteiger partial charge in [-0.15, -0.1) is 0 Å². The van der Waals surface area contributed by atoms with Crippen LogP contribution in [-0.4, -0.2) is 12.0 Å². The number of rotatable bonds is 5. The zero-order valence-corrected chi connectivity index (χ0v) is 12.9. The van der Waals surface area contributed by atoms with Crippen LogP contribution in [0.4, 0.5) is 5.69 Å². The number of anilines is 1. The van der Waals surface area contributed by atoms with E-state index in [9.17, 15) is 4.79 Å². The minimum atomic E-state index is -0.630. The molecule has 0 aromatic heterocycles. The van der Waals surface area contributed by atoms with E-state index in [-0.39, 0.29) is 5.91 Å². The van der Waals surface area contributed by atoms with Crippen molar-refractivity contribution in [2.24, 2.45) is 0 Å². The molecule has 0 aliphatic carbocycles. The molecule has 1 N–H and O–H groups in total. The number of carbonyl (C=O) groups excluding carboxylic acids is 1. The fourth-order valence-electron chi connectivity index (χ4n) is 1.97. The minimum Gasteiger partial charge on any atom is -0.479 e. The van der Waals surface area contributed by atoms with E-state index in [0.717, 1.165) is 17.7 Å². The van der Waals surface area contributed by atoms with Gasteiger partial charge in [0.2, 0.25) is 0 Å². The standard InChI is InChI=1S/C17H18ClNO2/c1-3-13-8-4-6-10-15(13)19-17(20)12(2)21-16-11-7-5-9-14(16)18/h4-12H,3H2,1-2H3,(H,19,20)/t12-/m1/s1. The number of benzene rings is 2. The molecule has 0 radical (unpaired) electrons. The van der Waals surface area contributed by atoms with E-state index in [1.165, 1.54) is 0 Å². The van der Waals surface area contributed by atoms with E-state index in [0.29, 0.717) is 10.8 Å². The van der Waals surface area contributed by atoms with Crippen LogP contribution < -0.4 is 10.1 Å². The zero-order chi connectivity index (χ0) is 15.2. The SMILES string of the molecule is CCc1ccccc1NC(=O)[C@@H](C)Oc1ccccc1Cl. The first-order chi connectivity index (χ1) is 10.1. The van der Waals surface area contributed by atoms with Crippen molar-refractivity contribution in [3.8, 4) is 5.75 Å². The van der Waals surface area contributed by atoms with Gasteiger partial charge in [-0.05, 0) is 37.1 Å². The molecule has 2 aromatic rings. The predicted octanol–water partition coefficient (Wildman–Crippen LogP) is 4.31. The quantitative estimate of drug-likeness (QED) is 0.894. The summed E-state index contributed by atoms with van der Waals surface area (Å²) in [4.78, 5) is 12.2. The highest BCUT2D eigenvalue weighted by atomic mass is 35.5. The molecule has 1 atom stereocenters. The Morgan fingerprint density at radius 3 is 2.57 bits per heavy atom. The zero-order valence-electron chi connectivity index (χ0n) is 12.1. The van der Waals surface area contributed by atoms with E-state index in [1.807, 2.05) is 36.4 Å². The van der Waals surface area contributed by atoms with Gasteiger partial charge in [0, 0.05) is 5.69 Å². The average Bonchev–Trinajstić information content (AvgIpc) is 2.50. The van der Waals surface area contributed by atoms with Gasteiger partial charge in [0.25, 0.3) is 5.91 Å². The lowest BCUT2D eigenvalue weighted by molar-refractivity contribution is -0.122. The number of amides is 1. The van der Waals surface area contributed by atoms with Crippen LogP contribution in [0.15, 0.2) is 48.5 Å². The summed E-state index contributed by atoms with van der Waals surface area (Å²) in [5.74, 6) is 0.307. The Morgan fingerprint density at radius 2 is 1.86 bits per heavy atom. The third kappa shape index (κ3) is 3.99. The molecular weight excluding hydrogens is 286 g/mol. The molecule has 4 heteroatoms. The first-order valence-electron chi connectivity index (χ1n) is 6.91. The first-order valence-corrected chi connectivity index (χ1v) is 7.29. The number of aryl methyl sites for hydroxylation is 1. The summed E-state index contributed by atoms with van der Waals surface area (Å²) in [5, 5.41) is 3.39. The lowest BCUT2D eigenvalue weighted by atomic mass is 10.1. The van der Waals surface area contributed by atoms with Gasteiger partial charge >= 0.3 is 0 Å². The number of para-hydroxylation sites is 2. The highest BCUT2D eigenvalue weighted by Gasteiger charge is 2.16. The maximum Gasteiger partial charge on any atom is 0.265 e. The molecule has 0 heterocycles. The molecule has 1 amide bonds. The van der Waals surface area contributed by atoms with Gasteiger partial charge in [-0.3, -0.25) is 4.79 Å². The van der Waals surface area contributed by atoms with E-state index < -0.39 is 6.10 Å². The van der Waals surface area contributed by atoms with Gasteiger partial charge in [0.1, 0.15) is 5.75 Å². The fourth-order valence-corrected chi connectivity index (χ4v) is 2.15. The molecule has 0 fully saturated rings. The van der Waals surface area contributed by atoms with Crippen molar-refractivity contribution < 1.29 is 9.53 Å². The van der Waals surface area contributed by atoms with Gasteiger partial charge in [-0.2, -0.15) is 0 Å². The van der Waals surface area contributed by atoms with Crippen molar-refractivity contribution in [1.29, 1.82) is 0 Å². The van der Waals surface area contributed by atoms with Crippen molar-refractivity contribution >= 4 is 23.2 Å². The summed E-state index contributed by atoms with van der Waals surface area (Å²) in [6, 6.07) is 14.8. The topological polar surface area (TPSA) is 38.3 Å². The van der Waals surface area contributed by atoms with E-state index in [1.54, 1.807) is 19.1 Å². The number of hydrogen-bond donors (Lipinski definition) is 1. The first kappa shape index (κ1) is 15.4. The lowest BCUT2D eigenvalue weighted by Gasteiger charge is -2.16. The average molecular weight is 304 g/mol. The molecule has 3 nitrogen and oxygen atoms in total. The van der Waals surface area contributed by atoms with Crippen molar-refractivity contribution in [3.05, 3.63) is 59.1 Å². The van der Waals surface area contributed by atoms with Crippen molar-refractivity contribution in [2.75, 3.05) is 5.32 Å². The second kappa shape index (κ2) is 7.14. The highest BCUT2D eigenvalue weighted by Crippen LogP contribution is 2.24. The van der Waals surface area contributed by atoms with Gasteiger partial charge in [0.15, 0.2) is 6.10 Å². The second-order valence-corrected chi connectivity index (χ2v) is 5.10. The third-order valence-electron chi connectivity index (χ3n) is 3.17. The maximum absolute atomic E-state index is 12.2. The Hall–Kier alpha value is -2.00. The van der Waals surface area contributed by atoms with Crippen LogP contribution in [0.25, 0.3) is 0 Å². The molecule has 2 aromatic carbocycles. The highest BCUT2D eigenvalue weighted by molar-refractivity contribution is 6.32. The van der Waals surface area contributed by atoms with E-state index in [2.05, 4.69) is 12.2 Å². The number of halogens is 1. The molecule has 0 unspecified atom stereocenters. The molecule has 21 heavy (non-hydrogen) atoms. The number of hydrogen-bond acceptors (Lipinski definition) is 2. The van der Waals surface area contributed by atoms with Gasteiger partial charge in [-0.25, -0.2) is 0 Å². The molecule has 0 saturated carbocycles. The van der Waals surface area contributed by atoms with Crippen molar-refractivity contribution in [3.63, 3.8) is 0 Å². The molecule has 0 bridgehead atoms. The summed E-state index contributed by atoms with van der Waals surface area (Å²) >= 11 is 6.02. The molecule has 0 aliphatic heterocycles. The predicted molar refractivity (Wildman–Crippen MR) is 86.0 cm³/mol. The smallest absolute Gasteiger partial charge is 0.265 e. The molecule has 0 aliphatic rings. The maximum atomic E-state index is 12.2. The van der Waals surface area contributed by atoms with Crippen LogP contribution >= 0.6 is 11.6 Å². The minimum absolute atomic E-state index is 0.198. The monoisotopic (exact) mass is 303 g/mol. The lowest BCUT2D eigenvalue weighted by Crippen LogP contribution is -2.30. The van der Waals surface area contributed by atoms with Crippen LogP contribution in [0.1, 0.15) is 19.4 Å². The van der Waals surface area contributed by atoms with E-state index in [4.69, 9.17) is 16.3 Å². The molecule has 0 saturated heterocycles. The van der Waals surface area contributed by atoms with Crippen molar-refractivity contribution in [2.45, 2.75) is 26.4 Å². The molecule has 0 spiro atoms. The van der Waals surface area contributed by atoms with Crippen LogP contribution in [0.2, 0.25) is 5.02 Å². The summed E-state index contributed by atoms with van der Waals surface area (Å²) in [6.07, 6.45) is 0.228. The summed E-state index contributed by atoms with van der Waals surface area (Å²) < 4.78 is 5.61. The van der Waals surface area contributed by atoms with Crippen LogP contribution in [-0.2, 0) is 11.2 Å². The number of ether oxygens (including phenoxy) is 1. The summed E-state index contributed by atoms with van der Waals surface area (Å²) in [7, 11) is 0. The molecule has 2 rings (SSSR count). The van der Waals surface area contributed by atoms with E-state index >= 15 is 0 Å². The normalized spacial score (nSPS) is 11.8. The number of carbonyl (C=O) groups is 1. The molecular formula is C17H18ClNO2. The van der Waals surface area contributed by atoms with Gasteiger partial charge in [-0.1, -0.05) is 48.9 Å². The number of nitrogens with one attached hydrogen (secondary N) is 1. The van der Waals surface area contributed by atoms with Crippen LogP contribution in [0.3, 0.4) is 0 Å². The van der Waals surface area contributed by atoms with Crippen LogP contribution in [0.5, 0.6) is 5.75 Å². The Kier molecular flexibility index (Phi) is 5.23. The molecule has 110 valence electrons. The fraction of sp³-hybridized carbons (Fsp3) is 0.235. The Bertz CT molecular complexity index is 628. The van der Waals surface area contributed by atoms with Crippen LogP contribution in [0, 0.1) is 0 Å². The Labute approximate surface area is 129 Å². The largest absolute Gasteiger partial charge is 0.479 e. The second-order valence-electron chi connectivity index (χ2n) is 4.69. The Morgan fingerprint density at radius 1 is 1.19 bits per heavy atom. The van der Waals surface area contributed by atoms with Gasteiger partial charge < -0.3 is 10.1 Å². The summed E-state index contributed by atoms with van der Waals surface area (Å²) in [6.45, 7) is 3.75.